The minimum absolute atomic E-state index is 0.0213. The zero-order valence-corrected chi connectivity index (χ0v) is 11.9. The molecule has 1 saturated carbocycles. The Morgan fingerprint density at radius 2 is 1.90 bits per heavy atom. The van der Waals surface area contributed by atoms with E-state index in [9.17, 15) is 9.90 Å². The van der Waals surface area contributed by atoms with Crippen LogP contribution in [0.15, 0.2) is 24.3 Å². The number of hydrogen-bond acceptors (Lipinski definition) is 3. The second-order valence-corrected chi connectivity index (χ2v) is 5.40. The monoisotopic (exact) mass is 276 g/mol. The fourth-order valence-electron chi connectivity index (χ4n) is 2.92. The zero-order valence-electron chi connectivity index (χ0n) is 11.9. The van der Waals surface area contributed by atoms with E-state index >= 15 is 0 Å². The second kappa shape index (κ2) is 7.41. The number of rotatable bonds is 6. The predicted octanol–water partition coefficient (Wildman–Crippen LogP) is 1.56. The van der Waals surface area contributed by atoms with Gasteiger partial charge in [0.15, 0.2) is 0 Å². The first-order valence-corrected chi connectivity index (χ1v) is 7.47. The van der Waals surface area contributed by atoms with Gasteiger partial charge in [-0.3, -0.25) is 4.79 Å². The molecular formula is C16H24N2O2. The number of aliphatic hydroxyl groups excluding tert-OH is 1. The molecule has 1 aromatic carbocycles. The Labute approximate surface area is 120 Å². The Balaban J connectivity index is 2.09. The molecule has 0 unspecified atom stereocenters. The quantitative estimate of drug-likeness (QED) is 0.828. The van der Waals surface area contributed by atoms with Crippen molar-refractivity contribution in [2.45, 2.75) is 38.1 Å². The molecule has 1 aromatic rings. The number of carbonyl (C=O) groups excluding carboxylic acids is 1. The van der Waals surface area contributed by atoms with Crippen molar-refractivity contribution in [1.82, 2.24) is 4.90 Å². The van der Waals surface area contributed by atoms with Crippen molar-refractivity contribution in [2.75, 3.05) is 19.7 Å². The summed E-state index contributed by atoms with van der Waals surface area (Å²) in [7, 11) is 0. The first-order valence-electron chi connectivity index (χ1n) is 7.47. The maximum absolute atomic E-state index is 12.6. The van der Waals surface area contributed by atoms with E-state index in [2.05, 4.69) is 0 Å². The first-order chi connectivity index (χ1) is 9.76. The van der Waals surface area contributed by atoms with Gasteiger partial charge in [-0.25, -0.2) is 0 Å². The number of benzene rings is 1. The largest absolute Gasteiger partial charge is 0.395 e. The molecule has 110 valence electrons. The van der Waals surface area contributed by atoms with Crippen LogP contribution in [0.5, 0.6) is 0 Å². The van der Waals surface area contributed by atoms with Crippen LogP contribution in [-0.2, 0) is 6.42 Å². The smallest absolute Gasteiger partial charge is 0.254 e. The molecule has 0 radical (unpaired) electrons. The van der Waals surface area contributed by atoms with Gasteiger partial charge in [-0.05, 0) is 43.5 Å². The highest BCUT2D eigenvalue weighted by Gasteiger charge is 2.26. The Hall–Kier alpha value is -1.39. The van der Waals surface area contributed by atoms with Gasteiger partial charge >= 0.3 is 0 Å². The molecule has 20 heavy (non-hydrogen) atoms. The van der Waals surface area contributed by atoms with Crippen LogP contribution in [0.4, 0.5) is 0 Å². The highest BCUT2D eigenvalue weighted by atomic mass is 16.3. The highest BCUT2D eigenvalue weighted by Crippen LogP contribution is 2.24. The third-order valence-corrected chi connectivity index (χ3v) is 4.00. The van der Waals surface area contributed by atoms with Crippen molar-refractivity contribution in [3.8, 4) is 0 Å². The van der Waals surface area contributed by atoms with E-state index in [0.29, 0.717) is 24.7 Å². The van der Waals surface area contributed by atoms with Gasteiger partial charge in [-0.15, -0.1) is 0 Å². The molecule has 0 heterocycles. The van der Waals surface area contributed by atoms with E-state index in [0.717, 1.165) is 24.8 Å². The minimum Gasteiger partial charge on any atom is -0.395 e. The SMILES string of the molecule is NCCc1ccc(C(=O)N(CCO)C2CCCC2)cc1. The average Bonchev–Trinajstić information content (AvgIpc) is 2.99. The van der Waals surface area contributed by atoms with Crippen LogP contribution in [0.1, 0.15) is 41.6 Å². The summed E-state index contributed by atoms with van der Waals surface area (Å²) in [6.07, 6.45) is 5.29. The molecule has 0 spiro atoms. The van der Waals surface area contributed by atoms with Crippen LogP contribution in [0.3, 0.4) is 0 Å². The van der Waals surface area contributed by atoms with Gasteiger partial charge in [0.1, 0.15) is 0 Å². The number of nitrogens with zero attached hydrogens (tertiary/aromatic N) is 1. The molecule has 1 aliphatic carbocycles. The normalized spacial score (nSPS) is 15.5. The molecule has 0 aliphatic heterocycles. The predicted molar refractivity (Wildman–Crippen MR) is 79.6 cm³/mol. The number of carbonyl (C=O) groups is 1. The fraction of sp³-hybridized carbons (Fsp3) is 0.562. The summed E-state index contributed by atoms with van der Waals surface area (Å²) in [5.41, 5.74) is 7.38. The minimum atomic E-state index is 0.0213. The second-order valence-electron chi connectivity index (χ2n) is 5.40. The maximum atomic E-state index is 12.6. The van der Waals surface area contributed by atoms with Crippen LogP contribution in [0, 0.1) is 0 Å². The van der Waals surface area contributed by atoms with Crippen molar-refractivity contribution >= 4 is 5.91 Å². The molecule has 1 amide bonds. The van der Waals surface area contributed by atoms with Crippen LogP contribution in [-0.4, -0.2) is 41.7 Å². The molecule has 3 N–H and O–H groups in total. The lowest BCUT2D eigenvalue weighted by atomic mass is 10.1. The third kappa shape index (κ3) is 3.58. The molecule has 0 atom stereocenters. The van der Waals surface area contributed by atoms with Gasteiger partial charge < -0.3 is 15.7 Å². The van der Waals surface area contributed by atoms with Gasteiger partial charge in [0.2, 0.25) is 0 Å². The van der Waals surface area contributed by atoms with Crippen LogP contribution in [0.25, 0.3) is 0 Å². The average molecular weight is 276 g/mol. The lowest BCUT2D eigenvalue weighted by Crippen LogP contribution is -2.40. The third-order valence-electron chi connectivity index (χ3n) is 4.00. The van der Waals surface area contributed by atoms with Crippen molar-refractivity contribution in [1.29, 1.82) is 0 Å². The van der Waals surface area contributed by atoms with Crippen LogP contribution >= 0.6 is 0 Å². The maximum Gasteiger partial charge on any atom is 0.254 e. The Kier molecular flexibility index (Phi) is 5.56. The summed E-state index contributed by atoms with van der Waals surface area (Å²) in [5, 5.41) is 9.20. The van der Waals surface area contributed by atoms with E-state index < -0.39 is 0 Å². The Morgan fingerprint density at radius 3 is 2.45 bits per heavy atom. The molecule has 1 fully saturated rings. The van der Waals surface area contributed by atoms with E-state index in [-0.39, 0.29) is 12.5 Å². The highest BCUT2D eigenvalue weighted by molar-refractivity contribution is 5.94. The van der Waals surface area contributed by atoms with Crippen molar-refractivity contribution < 1.29 is 9.90 Å². The fourth-order valence-corrected chi connectivity index (χ4v) is 2.92. The summed E-state index contributed by atoms with van der Waals surface area (Å²) in [6, 6.07) is 7.95. The molecule has 2 rings (SSSR count). The Bertz CT molecular complexity index is 425. The Morgan fingerprint density at radius 1 is 1.25 bits per heavy atom. The van der Waals surface area contributed by atoms with Gasteiger partial charge in [0, 0.05) is 18.2 Å². The number of nitrogens with two attached hydrogens (primary N) is 1. The zero-order chi connectivity index (χ0) is 14.4. The van der Waals surface area contributed by atoms with Gasteiger partial charge in [-0.2, -0.15) is 0 Å². The van der Waals surface area contributed by atoms with E-state index in [1.165, 1.54) is 12.8 Å². The molecule has 0 saturated heterocycles. The van der Waals surface area contributed by atoms with Crippen LogP contribution in [0.2, 0.25) is 0 Å². The van der Waals surface area contributed by atoms with E-state index in [1.54, 1.807) is 0 Å². The van der Waals surface area contributed by atoms with Gasteiger partial charge in [0.25, 0.3) is 5.91 Å². The summed E-state index contributed by atoms with van der Waals surface area (Å²) >= 11 is 0. The van der Waals surface area contributed by atoms with Crippen LogP contribution < -0.4 is 5.73 Å². The number of hydrogen-bond donors (Lipinski definition) is 2. The summed E-state index contributed by atoms with van der Waals surface area (Å²) < 4.78 is 0. The standard InChI is InChI=1S/C16H24N2O2/c17-10-9-13-5-7-14(8-6-13)16(20)18(11-12-19)15-3-1-2-4-15/h5-8,15,19H,1-4,9-12,17H2. The number of amides is 1. The van der Waals surface area contributed by atoms with Gasteiger partial charge in [0.05, 0.1) is 6.61 Å². The van der Waals surface area contributed by atoms with Crippen molar-refractivity contribution in [2.24, 2.45) is 5.73 Å². The summed E-state index contributed by atoms with van der Waals surface area (Å²) in [5.74, 6) is 0.0326. The molecular weight excluding hydrogens is 252 g/mol. The first kappa shape index (κ1) is 15.0. The topological polar surface area (TPSA) is 66.6 Å². The molecule has 4 heteroatoms. The van der Waals surface area contributed by atoms with Crippen molar-refractivity contribution in [3.63, 3.8) is 0 Å². The van der Waals surface area contributed by atoms with E-state index in [1.807, 2.05) is 29.2 Å². The summed E-state index contributed by atoms with van der Waals surface area (Å²) in [6.45, 7) is 1.06. The molecule has 4 nitrogen and oxygen atoms in total. The van der Waals surface area contributed by atoms with Crippen molar-refractivity contribution in [3.05, 3.63) is 35.4 Å². The number of aliphatic hydroxyl groups is 1. The molecule has 0 aromatic heterocycles. The molecule has 1 aliphatic rings. The lowest BCUT2D eigenvalue weighted by Gasteiger charge is -2.28. The lowest BCUT2D eigenvalue weighted by molar-refractivity contribution is 0.0638. The molecule has 0 bridgehead atoms. The van der Waals surface area contributed by atoms with E-state index in [4.69, 9.17) is 5.73 Å². The van der Waals surface area contributed by atoms with Gasteiger partial charge in [-0.1, -0.05) is 25.0 Å². The summed E-state index contributed by atoms with van der Waals surface area (Å²) in [4.78, 5) is 14.4.